The van der Waals surface area contributed by atoms with Crippen LogP contribution in [-0.2, 0) is 7.64 Å². The molecule has 44 valence electrons. The average molecular weight is 169 g/mol. The van der Waals surface area contributed by atoms with Gasteiger partial charge in [0.15, 0.2) is 0 Å². The monoisotopic (exact) mass is 170 g/mol. The Morgan fingerprint density at radius 2 is 1.57 bits per heavy atom. The number of hydrogen-bond acceptors (Lipinski definition) is 2. The molecule has 2 nitrogen and oxygen atoms in total. The van der Waals surface area contributed by atoms with Gasteiger partial charge in [0, 0.05) is 0 Å². The summed E-state index contributed by atoms with van der Waals surface area (Å²) in [5, 5.41) is 0. The van der Waals surface area contributed by atoms with Crippen molar-refractivity contribution in [1.29, 1.82) is 0 Å². The quantitative estimate of drug-likeness (QED) is 0.453. The molecule has 0 aliphatic carbocycles. The van der Waals surface area contributed by atoms with Gasteiger partial charge < -0.3 is 0 Å². The fourth-order valence-corrected chi connectivity index (χ4v) is 0.677. The van der Waals surface area contributed by atoms with Crippen molar-refractivity contribution in [2.24, 2.45) is 0 Å². The molecule has 0 amide bonds. The molecule has 0 bridgehead atoms. The Morgan fingerprint density at radius 3 is 1.86 bits per heavy atom. The first-order chi connectivity index (χ1) is 3.41. The molecule has 0 rings (SSSR count). The van der Waals surface area contributed by atoms with Crippen LogP contribution in [0.4, 0.5) is 0 Å². The molecule has 0 aliphatic heterocycles. The summed E-state index contributed by atoms with van der Waals surface area (Å²) < 4.78 is 9.83. The standard InChI is InChI=1S/C4H10O2Se/c1-3-5-7-6-4-2/h3-4H2,1-2H3. The molecule has 3 heteroatoms. The van der Waals surface area contributed by atoms with Gasteiger partial charge >= 0.3 is 50.3 Å². The van der Waals surface area contributed by atoms with Crippen LogP contribution in [0.5, 0.6) is 0 Å². The second-order valence-corrected chi connectivity index (χ2v) is 2.16. The zero-order valence-corrected chi connectivity index (χ0v) is 6.35. The van der Waals surface area contributed by atoms with Crippen LogP contribution < -0.4 is 0 Å². The zero-order chi connectivity index (χ0) is 5.54. The first-order valence-corrected chi connectivity index (χ1v) is 3.72. The maximum absolute atomic E-state index is 4.91. The van der Waals surface area contributed by atoms with E-state index in [2.05, 4.69) is 0 Å². The van der Waals surface area contributed by atoms with Crippen molar-refractivity contribution in [3.05, 3.63) is 0 Å². The maximum atomic E-state index is 4.91. The molecule has 0 radical (unpaired) electrons. The Hall–Kier alpha value is 0.439. The molecule has 0 aromatic carbocycles. The summed E-state index contributed by atoms with van der Waals surface area (Å²) in [4.78, 5) is 0. The van der Waals surface area contributed by atoms with Gasteiger partial charge in [0.25, 0.3) is 0 Å². The molecule has 0 unspecified atom stereocenters. The van der Waals surface area contributed by atoms with Crippen molar-refractivity contribution in [3.63, 3.8) is 0 Å². The second kappa shape index (κ2) is 6.44. The van der Waals surface area contributed by atoms with Crippen LogP contribution in [0, 0.1) is 0 Å². The molecule has 0 N–H and O–H groups in total. The van der Waals surface area contributed by atoms with Crippen molar-refractivity contribution < 1.29 is 7.64 Å². The van der Waals surface area contributed by atoms with Gasteiger partial charge in [-0.15, -0.1) is 0 Å². The van der Waals surface area contributed by atoms with Gasteiger partial charge in [-0.1, -0.05) is 0 Å². The summed E-state index contributed by atoms with van der Waals surface area (Å²) in [6.45, 7) is 5.45. The summed E-state index contributed by atoms with van der Waals surface area (Å²) in [6, 6.07) is 0. The Bertz CT molecular complexity index is 28.9. The molecule has 0 aliphatic rings. The van der Waals surface area contributed by atoms with E-state index in [4.69, 9.17) is 7.64 Å². The van der Waals surface area contributed by atoms with E-state index in [-0.39, 0.29) is 15.6 Å². The predicted octanol–water partition coefficient (Wildman–Crippen LogP) is 0.594. The number of rotatable bonds is 4. The van der Waals surface area contributed by atoms with Gasteiger partial charge in [-0.2, -0.15) is 0 Å². The van der Waals surface area contributed by atoms with E-state index in [0.29, 0.717) is 0 Å². The minimum absolute atomic E-state index is 0.0243. The summed E-state index contributed by atoms with van der Waals surface area (Å²) in [5.41, 5.74) is 0. The van der Waals surface area contributed by atoms with E-state index >= 15 is 0 Å². The average Bonchev–Trinajstić information content (AvgIpc) is 1.69. The van der Waals surface area contributed by atoms with Crippen molar-refractivity contribution in [2.45, 2.75) is 13.8 Å². The third kappa shape index (κ3) is 6.44. The van der Waals surface area contributed by atoms with Crippen LogP contribution in [0.3, 0.4) is 0 Å². The van der Waals surface area contributed by atoms with Crippen LogP contribution in [0.2, 0.25) is 0 Å². The predicted molar refractivity (Wildman–Crippen MR) is 29.0 cm³/mol. The topological polar surface area (TPSA) is 18.5 Å². The first kappa shape index (κ1) is 7.44. The minimum atomic E-state index is -0.0243. The molecule has 0 aromatic rings. The van der Waals surface area contributed by atoms with E-state index < -0.39 is 0 Å². The molecule has 0 fully saturated rings. The van der Waals surface area contributed by atoms with Gasteiger partial charge in [0.2, 0.25) is 0 Å². The SMILES string of the molecule is CCO[Se]OCC. The third-order valence-electron chi connectivity index (χ3n) is 0.332. The Morgan fingerprint density at radius 1 is 1.14 bits per heavy atom. The molecule has 0 saturated heterocycles. The van der Waals surface area contributed by atoms with Crippen molar-refractivity contribution >= 4 is 15.6 Å². The van der Waals surface area contributed by atoms with Gasteiger partial charge in [-0.25, -0.2) is 0 Å². The van der Waals surface area contributed by atoms with E-state index in [1.807, 2.05) is 13.8 Å². The first-order valence-electron chi connectivity index (χ1n) is 2.32. The molecular weight excluding hydrogens is 159 g/mol. The van der Waals surface area contributed by atoms with Gasteiger partial charge in [0.1, 0.15) is 0 Å². The molecule has 0 saturated carbocycles. The van der Waals surface area contributed by atoms with Crippen molar-refractivity contribution in [1.82, 2.24) is 0 Å². The molecule has 0 heterocycles. The van der Waals surface area contributed by atoms with Crippen LogP contribution in [-0.4, -0.2) is 28.8 Å². The summed E-state index contributed by atoms with van der Waals surface area (Å²) in [5.74, 6) is 0. The van der Waals surface area contributed by atoms with Gasteiger partial charge in [-0.3, -0.25) is 0 Å². The van der Waals surface area contributed by atoms with Crippen LogP contribution in [0.1, 0.15) is 13.8 Å². The van der Waals surface area contributed by atoms with Crippen molar-refractivity contribution in [3.8, 4) is 0 Å². The molecule has 0 spiro atoms. The summed E-state index contributed by atoms with van der Waals surface area (Å²) in [7, 11) is 0. The van der Waals surface area contributed by atoms with Crippen molar-refractivity contribution in [2.75, 3.05) is 13.2 Å². The van der Waals surface area contributed by atoms with Crippen LogP contribution >= 0.6 is 0 Å². The van der Waals surface area contributed by atoms with Crippen LogP contribution in [0.15, 0.2) is 0 Å². The van der Waals surface area contributed by atoms with E-state index in [1.54, 1.807) is 0 Å². The normalized spacial score (nSPS) is 9.43. The van der Waals surface area contributed by atoms with Gasteiger partial charge in [0.05, 0.1) is 0 Å². The van der Waals surface area contributed by atoms with E-state index in [1.165, 1.54) is 0 Å². The fraction of sp³-hybridized carbons (Fsp3) is 1.00. The second-order valence-electron chi connectivity index (χ2n) is 0.881. The Balaban J connectivity index is 2.45. The number of hydrogen-bond donors (Lipinski definition) is 0. The molecule has 0 aromatic heterocycles. The zero-order valence-electron chi connectivity index (χ0n) is 4.64. The Kier molecular flexibility index (Phi) is 6.84. The van der Waals surface area contributed by atoms with Crippen LogP contribution in [0.25, 0.3) is 0 Å². The fourth-order valence-electron chi connectivity index (χ4n) is 0.130. The third-order valence-corrected chi connectivity index (χ3v) is 1.72. The van der Waals surface area contributed by atoms with E-state index in [0.717, 1.165) is 13.2 Å². The van der Waals surface area contributed by atoms with E-state index in [9.17, 15) is 0 Å². The summed E-state index contributed by atoms with van der Waals surface area (Å²) in [6.07, 6.45) is 0. The molecular formula is C4H10O2Se. The molecule has 0 atom stereocenters. The summed E-state index contributed by atoms with van der Waals surface area (Å²) >= 11 is -0.0243. The Labute approximate surface area is 51.0 Å². The van der Waals surface area contributed by atoms with Gasteiger partial charge in [-0.05, 0) is 0 Å². The molecule has 7 heavy (non-hydrogen) atoms.